The third kappa shape index (κ3) is 8.44. The number of aromatic nitrogens is 3. The standard InChI is InChI=1S/C25H32N10O6S4/c26-6-2-1-4-12(27)20(36)30-8-9-42-10-13-14(5-3-7-29-13)44-15-11-43-23-17(22(38)35(23)18(15)24(39)40)31-21(37)16(33-41)19-32-25(28)45-34-19/h3,5,7,12,17,23,41H,1-2,4,6,8-11,26-27H2,(H,30,36)(H,31,37)(H,39,40)(H2,28,32,34)/b33-16-/t12-,17?,23?/m0/s1. The van der Waals surface area contributed by atoms with Crippen LogP contribution in [0.15, 0.2) is 39.0 Å². The summed E-state index contributed by atoms with van der Waals surface area (Å²) in [6, 6.07) is 1.95. The fourth-order valence-corrected chi connectivity index (χ4v) is 8.26. The molecule has 3 atom stereocenters. The van der Waals surface area contributed by atoms with Gasteiger partial charge in [-0.15, -0.1) is 11.8 Å². The molecule has 0 aliphatic carbocycles. The van der Waals surface area contributed by atoms with Gasteiger partial charge in [-0.05, 0) is 31.5 Å². The number of fused-ring (bicyclic) bond motifs is 1. The van der Waals surface area contributed by atoms with Gasteiger partial charge in [0.25, 0.3) is 11.8 Å². The summed E-state index contributed by atoms with van der Waals surface area (Å²) in [4.78, 5) is 61.0. The van der Waals surface area contributed by atoms with Gasteiger partial charge in [0.05, 0.1) is 11.7 Å². The number of carbonyl (C=O) groups excluding carboxylic acids is 3. The number of amides is 3. The summed E-state index contributed by atoms with van der Waals surface area (Å²) in [5.41, 5.74) is 17.0. The number of pyridine rings is 1. The van der Waals surface area contributed by atoms with Crippen LogP contribution >= 0.6 is 46.8 Å². The quantitative estimate of drug-likeness (QED) is 0.0400. The van der Waals surface area contributed by atoms with Crippen molar-refractivity contribution in [1.29, 1.82) is 0 Å². The van der Waals surface area contributed by atoms with Crippen molar-refractivity contribution in [2.75, 3.05) is 30.3 Å². The van der Waals surface area contributed by atoms with Crippen LogP contribution in [-0.4, -0.2) is 101 Å². The Morgan fingerprint density at radius 1 is 1.29 bits per heavy atom. The van der Waals surface area contributed by atoms with Gasteiger partial charge in [0.15, 0.2) is 5.13 Å². The molecule has 2 unspecified atom stereocenters. The van der Waals surface area contributed by atoms with E-state index in [1.54, 1.807) is 24.0 Å². The summed E-state index contributed by atoms with van der Waals surface area (Å²) in [6.07, 6.45) is 3.84. The third-order valence-electron chi connectivity index (χ3n) is 6.56. The Balaban J connectivity index is 1.35. The highest BCUT2D eigenvalue weighted by Crippen LogP contribution is 2.45. The Bertz CT molecular complexity index is 1490. The van der Waals surface area contributed by atoms with Crippen LogP contribution in [0.4, 0.5) is 5.13 Å². The lowest BCUT2D eigenvalue weighted by molar-refractivity contribution is -0.150. The maximum atomic E-state index is 13.1. The summed E-state index contributed by atoms with van der Waals surface area (Å²) in [5, 5.41) is 27.0. The van der Waals surface area contributed by atoms with Crippen LogP contribution in [0.1, 0.15) is 30.8 Å². The van der Waals surface area contributed by atoms with E-state index in [0.29, 0.717) is 35.9 Å². The molecule has 0 bridgehead atoms. The lowest BCUT2D eigenvalue weighted by Gasteiger charge is -2.49. The molecule has 10 N–H and O–H groups in total. The highest BCUT2D eigenvalue weighted by atomic mass is 32.2. The second-order valence-corrected chi connectivity index (χ2v) is 13.8. The number of carboxylic acids is 1. The molecule has 1 fully saturated rings. The summed E-state index contributed by atoms with van der Waals surface area (Å²) < 4.78 is 3.84. The second kappa shape index (κ2) is 16.2. The molecule has 16 nitrogen and oxygen atoms in total. The number of β-lactam (4-membered cyclic amide) rings is 1. The molecular formula is C25H32N10O6S4. The molecule has 2 aliphatic rings. The molecule has 4 rings (SSSR count). The number of hydrogen-bond donors (Lipinski definition) is 7. The van der Waals surface area contributed by atoms with Crippen LogP contribution in [0.2, 0.25) is 0 Å². The Morgan fingerprint density at radius 3 is 2.78 bits per heavy atom. The van der Waals surface area contributed by atoms with E-state index in [-0.39, 0.29) is 28.3 Å². The van der Waals surface area contributed by atoms with Gasteiger partial charge >= 0.3 is 5.97 Å². The van der Waals surface area contributed by atoms with Gasteiger partial charge in [-0.1, -0.05) is 23.3 Å². The molecule has 2 aromatic heterocycles. The molecule has 0 saturated carbocycles. The van der Waals surface area contributed by atoms with Gasteiger partial charge in [-0.2, -0.15) is 21.1 Å². The zero-order valence-corrected chi connectivity index (χ0v) is 27.0. The Hall–Kier alpha value is -3.43. The first kappa shape index (κ1) is 34.4. The summed E-state index contributed by atoms with van der Waals surface area (Å²) in [7, 11) is 0. The van der Waals surface area contributed by atoms with E-state index in [1.165, 1.54) is 23.5 Å². The summed E-state index contributed by atoms with van der Waals surface area (Å²) in [6.45, 7) is 1.00. The van der Waals surface area contributed by atoms with E-state index in [0.717, 1.165) is 39.9 Å². The number of thioether (sulfide) groups is 3. The van der Waals surface area contributed by atoms with E-state index < -0.39 is 41.0 Å². The van der Waals surface area contributed by atoms with Gasteiger partial charge < -0.3 is 38.1 Å². The predicted molar refractivity (Wildman–Crippen MR) is 172 cm³/mol. The van der Waals surface area contributed by atoms with E-state index >= 15 is 0 Å². The second-order valence-electron chi connectivity index (χ2n) is 9.63. The number of nitrogen functional groups attached to an aromatic ring is 1. The zero-order valence-electron chi connectivity index (χ0n) is 23.7. The molecule has 0 aromatic carbocycles. The fourth-order valence-electron chi connectivity index (χ4n) is 4.35. The molecule has 20 heteroatoms. The maximum Gasteiger partial charge on any atom is 0.353 e. The topological polar surface area (TPSA) is 265 Å². The van der Waals surface area contributed by atoms with Crippen LogP contribution < -0.4 is 27.8 Å². The van der Waals surface area contributed by atoms with E-state index in [2.05, 4.69) is 30.1 Å². The predicted octanol–water partition coefficient (Wildman–Crippen LogP) is -0.0123. The highest BCUT2D eigenvalue weighted by molar-refractivity contribution is 8.06. The van der Waals surface area contributed by atoms with Crippen molar-refractivity contribution in [2.24, 2.45) is 16.6 Å². The van der Waals surface area contributed by atoms with Crippen molar-refractivity contribution in [1.82, 2.24) is 29.9 Å². The summed E-state index contributed by atoms with van der Waals surface area (Å²) >= 11 is 4.87. The highest BCUT2D eigenvalue weighted by Gasteiger charge is 2.54. The van der Waals surface area contributed by atoms with Crippen molar-refractivity contribution >= 4 is 81.4 Å². The van der Waals surface area contributed by atoms with Crippen molar-refractivity contribution < 1.29 is 29.5 Å². The maximum absolute atomic E-state index is 13.1. The number of nitrogens with two attached hydrogens (primary N) is 3. The van der Waals surface area contributed by atoms with Gasteiger partial charge in [0.1, 0.15) is 17.1 Å². The van der Waals surface area contributed by atoms with E-state index in [9.17, 15) is 29.5 Å². The SMILES string of the molecule is NCCCC[C@H](N)C(=O)NCCSCc1ncccc1SC1=C(C(=O)O)N2C(=O)C(NC(=O)/C(=N\O)c3nsc(N)n3)C2SC1. The zero-order chi connectivity index (χ0) is 32.5. The van der Waals surface area contributed by atoms with Crippen molar-refractivity contribution in [3.8, 4) is 0 Å². The molecule has 1 saturated heterocycles. The first-order valence-corrected chi connectivity index (χ1v) is 17.4. The minimum atomic E-state index is -1.28. The van der Waals surface area contributed by atoms with Crippen LogP contribution in [0.5, 0.6) is 0 Å². The molecule has 0 radical (unpaired) electrons. The third-order valence-corrected chi connectivity index (χ3v) is 10.7. The number of hydrogen-bond acceptors (Lipinski definition) is 16. The molecule has 4 heterocycles. The molecule has 3 amide bonds. The first-order valence-electron chi connectivity index (χ1n) is 13.6. The Morgan fingerprint density at radius 2 is 2.09 bits per heavy atom. The number of unbranched alkanes of at least 4 members (excludes halogenated alkanes) is 1. The van der Waals surface area contributed by atoms with Gasteiger partial charge in [0, 0.05) is 51.3 Å². The molecule has 0 spiro atoms. The molecule has 242 valence electrons. The largest absolute Gasteiger partial charge is 0.477 e. The molecule has 2 aliphatic heterocycles. The minimum Gasteiger partial charge on any atom is -0.477 e. The molecular weight excluding hydrogens is 665 g/mol. The van der Waals surface area contributed by atoms with E-state index in [1.807, 2.05) is 6.07 Å². The summed E-state index contributed by atoms with van der Waals surface area (Å²) in [5.74, 6) is -1.82. The van der Waals surface area contributed by atoms with Gasteiger partial charge in [0.2, 0.25) is 17.4 Å². The number of oxime groups is 1. The lowest BCUT2D eigenvalue weighted by atomic mass is 10.0. The van der Waals surface area contributed by atoms with E-state index in [4.69, 9.17) is 17.2 Å². The van der Waals surface area contributed by atoms with Crippen LogP contribution in [-0.2, 0) is 24.9 Å². The molecule has 45 heavy (non-hydrogen) atoms. The van der Waals surface area contributed by atoms with Crippen molar-refractivity contribution in [2.45, 2.75) is 47.4 Å². The van der Waals surface area contributed by atoms with Gasteiger partial charge in [-0.3, -0.25) is 24.3 Å². The number of carboxylic acid groups (broad SMARTS) is 1. The average Bonchev–Trinajstić information content (AvgIpc) is 3.45. The number of nitrogens with zero attached hydrogens (tertiary/aromatic N) is 5. The lowest BCUT2D eigenvalue weighted by Crippen LogP contribution is -2.71. The first-order chi connectivity index (χ1) is 21.7. The Labute approximate surface area is 274 Å². The number of aliphatic carboxylic acids is 1. The van der Waals surface area contributed by atoms with Crippen LogP contribution in [0.25, 0.3) is 0 Å². The Kier molecular flexibility index (Phi) is 12.4. The average molecular weight is 697 g/mol. The number of rotatable bonds is 16. The van der Waals surface area contributed by atoms with Gasteiger partial charge in [-0.25, -0.2) is 4.79 Å². The van der Waals surface area contributed by atoms with Crippen molar-refractivity contribution in [3.63, 3.8) is 0 Å². The number of carbonyl (C=O) groups is 4. The van der Waals surface area contributed by atoms with Crippen LogP contribution in [0.3, 0.4) is 0 Å². The van der Waals surface area contributed by atoms with Crippen molar-refractivity contribution in [3.05, 3.63) is 40.5 Å². The smallest absolute Gasteiger partial charge is 0.353 e. The van der Waals surface area contributed by atoms with Crippen LogP contribution in [0, 0.1) is 0 Å². The fraction of sp³-hybridized carbons (Fsp3) is 0.440. The monoisotopic (exact) mass is 696 g/mol. The number of anilines is 1. The normalized spacial score (nSPS) is 18.7. The molecule has 2 aromatic rings. The number of nitrogens with one attached hydrogen (secondary N) is 2. The minimum absolute atomic E-state index is 0.0586.